The molecule has 106 valence electrons. The van der Waals surface area contributed by atoms with Gasteiger partial charge in [0.25, 0.3) is 5.56 Å². The largest absolute Gasteiger partial charge is 0.363 e. The average molecular weight is 267 g/mol. The normalized spacial score (nSPS) is 17.1. The highest BCUT2D eigenvalue weighted by atomic mass is 16.2. The molecule has 1 aromatic rings. The number of rotatable bonds is 5. The van der Waals surface area contributed by atoms with Crippen LogP contribution < -0.4 is 21.9 Å². The van der Waals surface area contributed by atoms with Gasteiger partial charge in [-0.05, 0) is 12.8 Å². The van der Waals surface area contributed by atoms with Crippen molar-refractivity contribution in [1.29, 1.82) is 0 Å². The lowest BCUT2D eigenvalue weighted by atomic mass is 10.1. The van der Waals surface area contributed by atoms with Crippen molar-refractivity contribution in [2.24, 2.45) is 0 Å². The minimum atomic E-state index is -0.591. The third kappa shape index (κ3) is 4.51. The molecular formula is C12H21N5O2. The van der Waals surface area contributed by atoms with E-state index in [2.05, 4.69) is 25.8 Å². The Kier molecular flexibility index (Phi) is 5.14. The second-order valence-electron chi connectivity index (χ2n) is 4.92. The van der Waals surface area contributed by atoms with Gasteiger partial charge in [-0.2, -0.15) is 0 Å². The number of nitrogens with one attached hydrogen (secondary N) is 4. The third-order valence-corrected chi connectivity index (χ3v) is 3.42. The fourth-order valence-corrected chi connectivity index (χ4v) is 2.41. The van der Waals surface area contributed by atoms with Gasteiger partial charge in [0, 0.05) is 19.1 Å². The van der Waals surface area contributed by atoms with E-state index in [1.165, 1.54) is 38.5 Å². The molecule has 1 aliphatic carbocycles. The first kappa shape index (κ1) is 13.8. The Labute approximate surface area is 111 Å². The van der Waals surface area contributed by atoms with Gasteiger partial charge < -0.3 is 10.6 Å². The summed E-state index contributed by atoms with van der Waals surface area (Å²) in [4.78, 5) is 24.3. The van der Waals surface area contributed by atoms with Crippen LogP contribution in [0.4, 0.5) is 5.82 Å². The summed E-state index contributed by atoms with van der Waals surface area (Å²) in [6.45, 7) is 1.39. The first-order chi connectivity index (χ1) is 9.25. The Hall–Kier alpha value is -1.63. The molecule has 0 amide bonds. The van der Waals surface area contributed by atoms with Crippen molar-refractivity contribution in [2.45, 2.75) is 44.6 Å². The second kappa shape index (κ2) is 7.08. The minimum absolute atomic E-state index is 0.155. The molecule has 2 rings (SSSR count). The summed E-state index contributed by atoms with van der Waals surface area (Å²) in [7, 11) is 0. The number of anilines is 1. The molecule has 0 unspecified atom stereocenters. The van der Waals surface area contributed by atoms with E-state index in [9.17, 15) is 9.59 Å². The molecule has 0 aromatic carbocycles. The molecule has 7 nitrogen and oxygen atoms in total. The van der Waals surface area contributed by atoms with Crippen molar-refractivity contribution in [3.05, 3.63) is 20.8 Å². The van der Waals surface area contributed by atoms with Crippen LogP contribution in [0.1, 0.15) is 38.5 Å². The van der Waals surface area contributed by atoms with Crippen LogP contribution in [0.5, 0.6) is 0 Å². The first-order valence-electron chi connectivity index (χ1n) is 6.92. The zero-order valence-corrected chi connectivity index (χ0v) is 11.0. The molecule has 0 atom stereocenters. The average Bonchev–Trinajstić information content (AvgIpc) is 2.65. The maximum Gasteiger partial charge on any atom is 0.342 e. The predicted octanol–water partition coefficient (Wildman–Crippen LogP) is 0.182. The van der Waals surface area contributed by atoms with E-state index < -0.39 is 11.2 Å². The van der Waals surface area contributed by atoms with Crippen molar-refractivity contribution in [3.8, 4) is 0 Å². The summed E-state index contributed by atoms with van der Waals surface area (Å²) >= 11 is 0. The Balaban J connectivity index is 1.71. The SMILES string of the molecule is O=c1[nH]nc(NCCNC2CCCCCC2)c(=O)[nH]1. The summed E-state index contributed by atoms with van der Waals surface area (Å²) in [5, 5.41) is 12.2. The zero-order valence-electron chi connectivity index (χ0n) is 11.0. The monoisotopic (exact) mass is 267 g/mol. The molecule has 4 N–H and O–H groups in total. The van der Waals surface area contributed by atoms with Gasteiger partial charge in [0.2, 0.25) is 5.82 Å². The molecule has 1 aliphatic rings. The number of nitrogens with zero attached hydrogens (tertiary/aromatic N) is 1. The van der Waals surface area contributed by atoms with Crippen LogP contribution in [-0.4, -0.2) is 34.3 Å². The molecule has 7 heteroatoms. The van der Waals surface area contributed by atoms with Gasteiger partial charge in [0.05, 0.1) is 0 Å². The maximum atomic E-state index is 11.4. The van der Waals surface area contributed by atoms with Gasteiger partial charge in [-0.3, -0.25) is 9.78 Å². The van der Waals surface area contributed by atoms with Crippen molar-refractivity contribution in [1.82, 2.24) is 20.5 Å². The number of aromatic nitrogens is 3. The van der Waals surface area contributed by atoms with E-state index >= 15 is 0 Å². The Morgan fingerprint density at radius 2 is 1.84 bits per heavy atom. The van der Waals surface area contributed by atoms with E-state index in [-0.39, 0.29) is 5.82 Å². The summed E-state index contributed by atoms with van der Waals surface area (Å²) < 4.78 is 0. The molecule has 1 aromatic heterocycles. The Morgan fingerprint density at radius 1 is 1.11 bits per heavy atom. The van der Waals surface area contributed by atoms with Gasteiger partial charge in [0.1, 0.15) is 0 Å². The molecule has 1 saturated carbocycles. The summed E-state index contributed by atoms with van der Waals surface area (Å²) in [6, 6.07) is 0.589. The van der Waals surface area contributed by atoms with Crippen LogP contribution in [0.25, 0.3) is 0 Å². The molecule has 0 spiro atoms. The van der Waals surface area contributed by atoms with Gasteiger partial charge in [-0.1, -0.05) is 25.7 Å². The molecule has 0 saturated heterocycles. The number of H-pyrrole nitrogens is 2. The lowest BCUT2D eigenvalue weighted by Crippen LogP contribution is -2.34. The van der Waals surface area contributed by atoms with Gasteiger partial charge in [-0.25, -0.2) is 9.89 Å². The van der Waals surface area contributed by atoms with E-state index in [1.807, 2.05) is 0 Å². The zero-order chi connectivity index (χ0) is 13.5. The van der Waals surface area contributed by atoms with Crippen molar-refractivity contribution in [3.63, 3.8) is 0 Å². The fourth-order valence-electron chi connectivity index (χ4n) is 2.41. The molecule has 0 bridgehead atoms. The fraction of sp³-hybridized carbons (Fsp3) is 0.750. The van der Waals surface area contributed by atoms with Crippen LogP contribution in [-0.2, 0) is 0 Å². The van der Waals surface area contributed by atoms with E-state index in [0.29, 0.717) is 12.6 Å². The van der Waals surface area contributed by atoms with Crippen LogP contribution in [0.3, 0.4) is 0 Å². The Bertz CT molecular complexity index is 487. The van der Waals surface area contributed by atoms with Crippen LogP contribution in [0, 0.1) is 0 Å². The first-order valence-corrected chi connectivity index (χ1v) is 6.92. The molecule has 0 aliphatic heterocycles. The molecule has 1 fully saturated rings. The van der Waals surface area contributed by atoms with E-state index in [0.717, 1.165) is 6.54 Å². The standard InChI is InChI=1S/C12H21N5O2/c18-11-10(16-17-12(19)15-11)14-8-7-13-9-5-3-1-2-4-6-9/h9,13H,1-8H2,(H,14,16)(H2,15,17,18,19). The Morgan fingerprint density at radius 3 is 2.53 bits per heavy atom. The summed E-state index contributed by atoms with van der Waals surface area (Å²) in [5.74, 6) is 0.155. The summed E-state index contributed by atoms with van der Waals surface area (Å²) in [5.41, 5.74) is -1.08. The van der Waals surface area contributed by atoms with Crippen molar-refractivity contribution >= 4 is 5.82 Å². The number of hydrogen-bond donors (Lipinski definition) is 4. The highest BCUT2D eigenvalue weighted by Crippen LogP contribution is 2.16. The van der Waals surface area contributed by atoms with Crippen LogP contribution >= 0.6 is 0 Å². The third-order valence-electron chi connectivity index (χ3n) is 3.42. The lowest BCUT2D eigenvalue weighted by Gasteiger charge is -2.16. The molecule has 19 heavy (non-hydrogen) atoms. The molecular weight excluding hydrogens is 246 g/mol. The van der Waals surface area contributed by atoms with Crippen molar-refractivity contribution < 1.29 is 0 Å². The predicted molar refractivity (Wildman–Crippen MR) is 73.5 cm³/mol. The highest BCUT2D eigenvalue weighted by molar-refractivity contribution is 5.28. The maximum absolute atomic E-state index is 11.4. The minimum Gasteiger partial charge on any atom is -0.363 e. The smallest absolute Gasteiger partial charge is 0.342 e. The highest BCUT2D eigenvalue weighted by Gasteiger charge is 2.10. The molecule has 0 radical (unpaired) electrons. The quantitative estimate of drug-likeness (QED) is 0.450. The van der Waals surface area contributed by atoms with Crippen molar-refractivity contribution in [2.75, 3.05) is 18.4 Å². The number of aromatic amines is 2. The second-order valence-corrected chi connectivity index (χ2v) is 4.92. The van der Waals surface area contributed by atoms with E-state index in [4.69, 9.17) is 0 Å². The topological polar surface area (TPSA) is 103 Å². The summed E-state index contributed by atoms with van der Waals surface area (Å²) in [6.07, 6.45) is 7.74. The van der Waals surface area contributed by atoms with Gasteiger partial charge in [0.15, 0.2) is 0 Å². The van der Waals surface area contributed by atoms with E-state index in [1.54, 1.807) is 0 Å². The lowest BCUT2D eigenvalue weighted by molar-refractivity contribution is 0.468. The molecule has 1 heterocycles. The van der Waals surface area contributed by atoms with Gasteiger partial charge in [-0.15, -0.1) is 5.10 Å². The number of hydrogen-bond acceptors (Lipinski definition) is 5. The van der Waals surface area contributed by atoms with Crippen LogP contribution in [0.2, 0.25) is 0 Å². The van der Waals surface area contributed by atoms with Crippen LogP contribution in [0.15, 0.2) is 9.59 Å². The van der Waals surface area contributed by atoms with Gasteiger partial charge >= 0.3 is 5.69 Å².